The number of allylic oxidation sites excluding steroid dienone is 2. The van der Waals surface area contributed by atoms with Gasteiger partial charge in [0.2, 0.25) is 11.5 Å². The maximum absolute atomic E-state index is 15.0. The third-order valence-corrected chi connectivity index (χ3v) is 15.9. The number of carbonyl (C=O) groups is 4. The molecular formula is C44H38O13Si. The molecule has 296 valence electrons. The first kappa shape index (κ1) is 38.4. The van der Waals surface area contributed by atoms with E-state index < -0.39 is 54.2 Å². The number of ether oxygens (including phenoxy) is 6. The Morgan fingerprint density at radius 1 is 0.776 bits per heavy atom. The third kappa shape index (κ3) is 5.57. The highest BCUT2D eigenvalue weighted by Crippen LogP contribution is 2.56. The van der Waals surface area contributed by atoms with E-state index in [1.165, 1.54) is 40.6 Å². The molecule has 2 aliphatic heterocycles. The van der Waals surface area contributed by atoms with Gasteiger partial charge in [-0.3, -0.25) is 14.4 Å². The number of methoxy groups -OCH3 is 4. The molecule has 0 saturated carbocycles. The van der Waals surface area contributed by atoms with Gasteiger partial charge in [-0.2, -0.15) is 0 Å². The Hall–Kier alpha value is -6.51. The van der Waals surface area contributed by atoms with Crippen LogP contribution in [0.4, 0.5) is 0 Å². The standard InChI is InChI=1S/C44H38O13Si/c1-43(2,3)58(24-14-10-8-11-15-24,25-16-12-9-13-17-25)57-32-22-44(55-36-27(32)18-23-19-31(41(48)53-7)54-42(49)33(23)38(36)51-5)40(47)28-20-26-29(45)21-30(50-4)35(46)34(26)39(52-6)37(28)56-44/h8-21,32H,22H2,1-7H3. The quantitative estimate of drug-likeness (QED) is 0.135. The molecule has 4 aromatic carbocycles. The molecule has 0 bridgehead atoms. The van der Waals surface area contributed by atoms with Gasteiger partial charge in [-0.1, -0.05) is 81.4 Å². The molecule has 1 spiro atoms. The van der Waals surface area contributed by atoms with E-state index in [9.17, 15) is 19.2 Å². The van der Waals surface area contributed by atoms with E-state index >= 15 is 4.79 Å². The topological polar surface area (TPSA) is 163 Å². The van der Waals surface area contributed by atoms with E-state index in [-0.39, 0.29) is 68.4 Å². The molecule has 0 saturated heterocycles. The van der Waals surface area contributed by atoms with Gasteiger partial charge in [0.05, 0.1) is 52.1 Å². The first-order valence-electron chi connectivity index (χ1n) is 18.3. The summed E-state index contributed by atoms with van der Waals surface area (Å²) in [5.41, 5.74) is -0.813. The van der Waals surface area contributed by atoms with Crippen molar-refractivity contribution >= 4 is 52.8 Å². The van der Waals surface area contributed by atoms with Crippen molar-refractivity contribution < 1.29 is 56.4 Å². The molecule has 14 heteroatoms. The van der Waals surface area contributed by atoms with Gasteiger partial charge >= 0.3 is 17.4 Å². The normalized spacial score (nSPS) is 18.4. The van der Waals surface area contributed by atoms with Crippen molar-refractivity contribution in [2.45, 2.75) is 44.1 Å². The third-order valence-electron chi connectivity index (χ3n) is 10.9. The summed E-state index contributed by atoms with van der Waals surface area (Å²) in [6.45, 7) is 6.30. The molecule has 3 heterocycles. The Morgan fingerprint density at radius 2 is 1.40 bits per heavy atom. The number of fused-ring (bicyclic) bond motifs is 4. The fourth-order valence-electron chi connectivity index (χ4n) is 8.32. The Kier molecular flexibility index (Phi) is 9.16. The van der Waals surface area contributed by atoms with E-state index in [4.69, 9.17) is 37.3 Å². The van der Waals surface area contributed by atoms with Crippen molar-refractivity contribution in [3.05, 3.63) is 129 Å². The van der Waals surface area contributed by atoms with Crippen LogP contribution >= 0.6 is 0 Å². The molecule has 58 heavy (non-hydrogen) atoms. The average molecular weight is 803 g/mol. The van der Waals surface area contributed by atoms with Gasteiger partial charge in [0.15, 0.2) is 34.5 Å². The van der Waals surface area contributed by atoms with Gasteiger partial charge in [-0.15, -0.1) is 0 Å². The minimum atomic E-state index is -3.44. The van der Waals surface area contributed by atoms with Crippen LogP contribution in [0.1, 0.15) is 80.5 Å². The lowest BCUT2D eigenvalue weighted by Gasteiger charge is -2.47. The molecule has 8 rings (SSSR count). The monoisotopic (exact) mass is 802 g/mol. The Bertz CT molecular complexity index is 2620. The summed E-state index contributed by atoms with van der Waals surface area (Å²) in [5, 5.41) is 1.51. The van der Waals surface area contributed by atoms with Gasteiger partial charge in [0.1, 0.15) is 5.39 Å². The van der Waals surface area contributed by atoms with E-state index in [1.54, 1.807) is 6.07 Å². The van der Waals surface area contributed by atoms with Gasteiger partial charge < -0.3 is 37.3 Å². The second kappa shape index (κ2) is 13.8. The molecule has 1 aliphatic carbocycles. The second-order valence-corrected chi connectivity index (χ2v) is 19.3. The zero-order chi connectivity index (χ0) is 41.3. The summed E-state index contributed by atoms with van der Waals surface area (Å²) in [6.07, 6.45) is -0.220. The lowest BCUT2D eigenvalue weighted by molar-refractivity contribution is -0.108. The minimum Gasteiger partial charge on any atom is -0.492 e. The highest BCUT2D eigenvalue weighted by Gasteiger charge is 2.60. The lowest BCUT2D eigenvalue weighted by atomic mass is 9.87. The first-order chi connectivity index (χ1) is 27.7. The second-order valence-electron chi connectivity index (χ2n) is 15.1. The van der Waals surface area contributed by atoms with Crippen LogP contribution in [0.15, 0.2) is 99.9 Å². The van der Waals surface area contributed by atoms with Gasteiger partial charge in [-0.05, 0) is 39.0 Å². The highest BCUT2D eigenvalue weighted by molar-refractivity contribution is 6.99. The van der Waals surface area contributed by atoms with Crippen molar-refractivity contribution in [1.82, 2.24) is 0 Å². The van der Waals surface area contributed by atoms with E-state index in [0.717, 1.165) is 16.4 Å². The van der Waals surface area contributed by atoms with Crippen LogP contribution in [-0.4, -0.2) is 65.9 Å². The molecular weight excluding hydrogens is 765 g/mol. The maximum Gasteiger partial charge on any atom is 0.374 e. The molecule has 5 aromatic rings. The summed E-state index contributed by atoms with van der Waals surface area (Å²) < 4.78 is 48.0. The van der Waals surface area contributed by atoms with Crippen LogP contribution in [0.3, 0.4) is 0 Å². The van der Waals surface area contributed by atoms with E-state index in [2.05, 4.69) is 20.8 Å². The van der Waals surface area contributed by atoms with Crippen molar-refractivity contribution in [3.63, 3.8) is 0 Å². The fraction of sp³-hybridized carbons (Fsp3) is 0.250. The SMILES string of the molecule is COC(=O)c1cc2cc3c(c(OC)c2c(=O)o1)OC1(CC3O[Si](c2ccccc2)(c2ccccc2)C(C)(C)C)Oc2c(cc3c(c2OC)C(=O)C(OC)=CC3=O)C1=O. The lowest BCUT2D eigenvalue weighted by Crippen LogP contribution is -2.67. The molecule has 1 aromatic heterocycles. The number of hydrogen-bond donors (Lipinski definition) is 0. The molecule has 0 radical (unpaired) electrons. The minimum absolute atomic E-state index is 0.0531. The number of benzene rings is 4. The Morgan fingerprint density at radius 3 is 1.97 bits per heavy atom. The fourth-order valence-corrected chi connectivity index (χ4v) is 13.0. The molecule has 2 unspecified atom stereocenters. The molecule has 0 N–H and O–H groups in total. The summed E-state index contributed by atoms with van der Waals surface area (Å²) in [6, 6.07) is 24.0. The smallest absolute Gasteiger partial charge is 0.374 e. The Labute approximate surface area is 333 Å². The predicted molar refractivity (Wildman–Crippen MR) is 212 cm³/mol. The van der Waals surface area contributed by atoms with E-state index in [0.29, 0.717) is 5.56 Å². The average Bonchev–Trinajstić information content (AvgIpc) is 3.48. The molecule has 3 aliphatic rings. The van der Waals surface area contributed by atoms with Gasteiger partial charge in [0.25, 0.3) is 14.1 Å². The number of ketones is 3. The number of carbonyl (C=O) groups excluding carboxylic acids is 4. The first-order valence-corrected chi connectivity index (χ1v) is 20.2. The molecule has 2 atom stereocenters. The van der Waals surface area contributed by atoms with Crippen LogP contribution in [0.5, 0.6) is 23.0 Å². The predicted octanol–water partition coefficient (Wildman–Crippen LogP) is 5.88. The molecule has 0 fully saturated rings. The van der Waals surface area contributed by atoms with Crippen molar-refractivity contribution in [1.29, 1.82) is 0 Å². The zero-order valence-electron chi connectivity index (χ0n) is 32.7. The van der Waals surface area contributed by atoms with Crippen LogP contribution in [0.2, 0.25) is 5.04 Å². The summed E-state index contributed by atoms with van der Waals surface area (Å²) in [7, 11) is 1.62. The largest absolute Gasteiger partial charge is 0.492 e. The number of hydrogen-bond acceptors (Lipinski definition) is 13. The van der Waals surface area contributed by atoms with Gasteiger partial charge in [-0.25, -0.2) is 9.59 Å². The van der Waals surface area contributed by atoms with Crippen LogP contribution in [0.25, 0.3) is 10.8 Å². The van der Waals surface area contributed by atoms with E-state index in [1.807, 2.05) is 60.7 Å². The van der Waals surface area contributed by atoms with Crippen molar-refractivity contribution in [2.75, 3.05) is 28.4 Å². The van der Waals surface area contributed by atoms with Crippen LogP contribution in [-0.2, 0) is 13.9 Å². The zero-order valence-corrected chi connectivity index (χ0v) is 33.7. The summed E-state index contributed by atoms with van der Waals surface area (Å²) in [4.78, 5) is 68.2. The van der Waals surface area contributed by atoms with Crippen LogP contribution < -0.4 is 34.9 Å². The van der Waals surface area contributed by atoms with Crippen molar-refractivity contribution in [2.24, 2.45) is 0 Å². The summed E-state index contributed by atoms with van der Waals surface area (Å²) >= 11 is 0. The highest BCUT2D eigenvalue weighted by atomic mass is 28.4. The summed E-state index contributed by atoms with van der Waals surface area (Å²) in [5.74, 6) is -5.94. The maximum atomic E-state index is 15.0. The Balaban J connectivity index is 1.40. The van der Waals surface area contributed by atoms with Crippen LogP contribution in [0, 0.1) is 0 Å². The number of Topliss-reactive ketones (excluding diaryl/α,β-unsaturated/α-hetero) is 2. The molecule has 0 amide bonds. The number of rotatable bonds is 8. The molecule has 13 nitrogen and oxygen atoms in total. The van der Waals surface area contributed by atoms with Gasteiger partial charge in [0, 0.05) is 17.2 Å². The van der Waals surface area contributed by atoms with Crippen molar-refractivity contribution in [3.8, 4) is 23.0 Å². The number of esters is 1.